The molecule has 4 rings (SSSR count). The first kappa shape index (κ1) is 31.2. The van der Waals surface area contributed by atoms with E-state index in [0.29, 0.717) is 38.5 Å². The van der Waals surface area contributed by atoms with Crippen LogP contribution in [0, 0.1) is 5.92 Å². The van der Waals surface area contributed by atoms with Crippen molar-refractivity contribution in [3.8, 4) is 5.75 Å². The molecule has 1 heterocycles. The van der Waals surface area contributed by atoms with Crippen molar-refractivity contribution in [1.82, 2.24) is 15.6 Å². The van der Waals surface area contributed by atoms with Crippen LogP contribution in [0.15, 0.2) is 42.5 Å². The van der Waals surface area contributed by atoms with Gasteiger partial charge in [0.1, 0.15) is 5.75 Å². The van der Waals surface area contributed by atoms with Gasteiger partial charge in [0.2, 0.25) is 0 Å². The highest BCUT2D eigenvalue weighted by Crippen LogP contribution is 2.23. The quantitative estimate of drug-likeness (QED) is 0.232. The monoisotopic (exact) mass is 575 g/mol. The first-order valence-corrected chi connectivity index (χ1v) is 16.9. The van der Waals surface area contributed by atoms with Gasteiger partial charge in [0.25, 0.3) is 10.1 Å². The van der Waals surface area contributed by atoms with Gasteiger partial charge in [-0.2, -0.15) is 14.0 Å². The number of fused-ring (bicyclic) bond motifs is 1. The summed E-state index contributed by atoms with van der Waals surface area (Å²) >= 11 is 0. The fourth-order valence-electron chi connectivity index (χ4n) is 5.64. The molecule has 224 valence electrons. The third kappa shape index (κ3) is 10.9. The van der Waals surface area contributed by atoms with Crippen LogP contribution in [0.5, 0.6) is 5.75 Å². The number of hydrazine groups is 2. The molecule has 1 saturated carbocycles. The van der Waals surface area contributed by atoms with Gasteiger partial charge in [-0.1, -0.05) is 75.3 Å². The summed E-state index contributed by atoms with van der Waals surface area (Å²) in [5.74, 6) is 1.46. The maximum absolute atomic E-state index is 12.4. The van der Waals surface area contributed by atoms with E-state index in [0.717, 1.165) is 29.7 Å². The van der Waals surface area contributed by atoms with Crippen LogP contribution < -0.4 is 10.3 Å². The summed E-state index contributed by atoms with van der Waals surface area (Å²) in [4.78, 5) is 0. The molecule has 8 nitrogen and oxygen atoms in total. The second kappa shape index (κ2) is 16.6. The number of nitrogens with one attached hydrogen (secondary N) is 1. The molecule has 2 aliphatic rings. The second-order valence-electron chi connectivity index (χ2n) is 11.4. The molecule has 1 atom stereocenters. The van der Waals surface area contributed by atoms with E-state index >= 15 is 0 Å². The van der Waals surface area contributed by atoms with Gasteiger partial charge in [-0.3, -0.25) is 4.18 Å². The van der Waals surface area contributed by atoms with E-state index in [1.54, 1.807) is 0 Å². The number of nitrogens with zero attached hydrogens (tertiary/aromatic N) is 2. The van der Waals surface area contributed by atoms with E-state index in [1.807, 2.05) is 43.4 Å². The fourth-order valence-corrected chi connectivity index (χ4v) is 6.62. The zero-order valence-corrected chi connectivity index (χ0v) is 25.1. The summed E-state index contributed by atoms with van der Waals surface area (Å²) in [7, 11) is -1.53. The molecule has 1 aliphatic heterocycles. The van der Waals surface area contributed by atoms with Crippen molar-refractivity contribution < 1.29 is 22.1 Å². The second-order valence-corrected chi connectivity index (χ2v) is 13.2. The topological polar surface area (TPSA) is 80.3 Å². The molecule has 0 radical (unpaired) electrons. The van der Waals surface area contributed by atoms with E-state index in [9.17, 15) is 8.42 Å². The van der Waals surface area contributed by atoms with Crippen LogP contribution in [-0.4, -0.2) is 76.8 Å². The van der Waals surface area contributed by atoms with Crippen molar-refractivity contribution in [3.63, 3.8) is 0 Å². The van der Waals surface area contributed by atoms with Gasteiger partial charge in [-0.25, -0.2) is 10.0 Å². The molecule has 2 aromatic rings. The smallest absolute Gasteiger partial charge is 0.267 e. The Morgan fingerprint density at radius 1 is 0.875 bits per heavy atom. The van der Waals surface area contributed by atoms with Gasteiger partial charge < -0.3 is 9.47 Å². The molecule has 0 amide bonds. The molecular formula is C31H49N3O5S. The third-order valence-corrected chi connectivity index (χ3v) is 9.34. The highest BCUT2D eigenvalue weighted by molar-refractivity contribution is 7.86. The summed E-state index contributed by atoms with van der Waals surface area (Å²) in [6, 6.07) is 14.3. The largest absolute Gasteiger partial charge is 0.493 e. The van der Waals surface area contributed by atoms with Gasteiger partial charge in [0, 0.05) is 33.2 Å². The molecular weight excluding hydrogens is 526 g/mol. The van der Waals surface area contributed by atoms with E-state index < -0.39 is 10.1 Å². The van der Waals surface area contributed by atoms with Crippen LogP contribution in [0.3, 0.4) is 0 Å². The number of ether oxygens (including phenoxy) is 2. The fraction of sp³-hybridized carbons (Fsp3) is 0.677. The van der Waals surface area contributed by atoms with E-state index in [4.69, 9.17) is 13.7 Å². The predicted molar refractivity (Wildman–Crippen MR) is 161 cm³/mol. The molecule has 1 unspecified atom stereocenters. The standard InChI is InChI=1S/C31H49N3O5S/c1-33-30(26-37-25-27-13-7-5-3-2-4-6-8-14-27)24-34(32-33)19-11-22-40(35,36)39-21-12-20-38-31-18-17-28-15-9-10-16-29(28)23-31/h9-10,15-18,23,27,30,32H,2-8,11-14,19-22,24-26H2,1H3. The van der Waals surface area contributed by atoms with Crippen molar-refractivity contribution in [2.75, 3.05) is 52.3 Å². The average Bonchev–Trinajstić information content (AvgIpc) is 3.30. The lowest BCUT2D eigenvalue weighted by atomic mass is 9.93. The maximum Gasteiger partial charge on any atom is 0.267 e. The highest BCUT2D eigenvalue weighted by atomic mass is 32.2. The first-order valence-electron chi connectivity index (χ1n) is 15.3. The maximum atomic E-state index is 12.4. The van der Waals surface area contributed by atoms with Gasteiger partial charge in [-0.05, 0) is 48.1 Å². The SMILES string of the molecule is CN1NN(CCCS(=O)(=O)OCCCOc2ccc3ccccc3c2)CC1COCC1CCCCCCCCC1. The Hall–Kier alpha value is -1.75. The molecule has 1 saturated heterocycles. The number of hydrogen-bond donors (Lipinski definition) is 1. The normalized spacial score (nSPS) is 20.7. The zero-order valence-electron chi connectivity index (χ0n) is 24.3. The van der Waals surface area contributed by atoms with Crippen molar-refractivity contribution in [2.45, 2.75) is 76.7 Å². The molecule has 0 spiro atoms. The Morgan fingerprint density at radius 3 is 2.38 bits per heavy atom. The molecule has 1 N–H and O–H groups in total. The Labute approximate surface area is 241 Å². The predicted octanol–water partition coefficient (Wildman–Crippen LogP) is 5.54. The molecule has 2 aromatic carbocycles. The number of hydrogen-bond acceptors (Lipinski definition) is 8. The number of benzene rings is 2. The van der Waals surface area contributed by atoms with Crippen LogP contribution in [-0.2, 0) is 19.0 Å². The Bertz CT molecular complexity index is 1110. The zero-order chi connectivity index (χ0) is 28.0. The summed E-state index contributed by atoms with van der Waals surface area (Å²) in [5.41, 5.74) is 3.33. The van der Waals surface area contributed by atoms with Gasteiger partial charge in [0.05, 0.1) is 31.6 Å². The Morgan fingerprint density at radius 2 is 1.60 bits per heavy atom. The first-order chi connectivity index (χ1) is 19.5. The van der Waals surface area contributed by atoms with Crippen LogP contribution in [0.4, 0.5) is 0 Å². The molecule has 0 bridgehead atoms. The number of rotatable bonds is 14. The Kier molecular flexibility index (Phi) is 13.0. The number of likely N-dealkylation sites (N-methyl/N-ethyl adjacent to an activating group) is 1. The van der Waals surface area contributed by atoms with Crippen molar-refractivity contribution >= 4 is 20.9 Å². The molecule has 1 aliphatic carbocycles. The molecule has 2 fully saturated rings. The minimum absolute atomic E-state index is 0.00325. The van der Waals surface area contributed by atoms with E-state index in [2.05, 4.69) is 21.6 Å². The average molecular weight is 576 g/mol. The summed E-state index contributed by atoms with van der Waals surface area (Å²) in [5, 5.41) is 6.43. The Balaban J connectivity index is 1.05. The summed E-state index contributed by atoms with van der Waals surface area (Å²) < 4.78 is 41.9. The third-order valence-electron chi connectivity index (χ3n) is 8.03. The van der Waals surface area contributed by atoms with Gasteiger partial charge in [0.15, 0.2) is 0 Å². The van der Waals surface area contributed by atoms with Gasteiger partial charge >= 0.3 is 0 Å². The van der Waals surface area contributed by atoms with Gasteiger partial charge in [-0.15, -0.1) is 0 Å². The lowest BCUT2D eigenvalue weighted by Gasteiger charge is -2.21. The van der Waals surface area contributed by atoms with Crippen LogP contribution in [0.25, 0.3) is 10.8 Å². The van der Waals surface area contributed by atoms with Crippen LogP contribution in [0.2, 0.25) is 0 Å². The lowest BCUT2D eigenvalue weighted by Crippen LogP contribution is -2.40. The van der Waals surface area contributed by atoms with E-state index in [1.165, 1.54) is 57.8 Å². The lowest BCUT2D eigenvalue weighted by molar-refractivity contribution is 0.0466. The van der Waals surface area contributed by atoms with E-state index in [-0.39, 0.29) is 18.4 Å². The molecule has 0 aromatic heterocycles. The minimum atomic E-state index is -3.56. The van der Waals surface area contributed by atoms with Crippen LogP contribution in [0.1, 0.15) is 70.6 Å². The van der Waals surface area contributed by atoms with Crippen molar-refractivity contribution in [1.29, 1.82) is 0 Å². The van der Waals surface area contributed by atoms with Crippen molar-refractivity contribution in [2.24, 2.45) is 5.92 Å². The molecule has 40 heavy (non-hydrogen) atoms. The highest BCUT2D eigenvalue weighted by Gasteiger charge is 2.28. The summed E-state index contributed by atoms with van der Waals surface area (Å²) in [6.07, 6.45) is 13.2. The minimum Gasteiger partial charge on any atom is -0.493 e. The molecule has 9 heteroatoms. The van der Waals surface area contributed by atoms with Crippen molar-refractivity contribution in [3.05, 3.63) is 42.5 Å². The summed E-state index contributed by atoms with van der Waals surface area (Å²) in [6.45, 7) is 3.53. The van der Waals surface area contributed by atoms with Crippen LogP contribution >= 0.6 is 0 Å².